The van der Waals surface area contributed by atoms with Crippen LogP contribution < -0.4 is 0 Å². The quantitative estimate of drug-likeness (QED) is 0.469. The zero-order valence-electron chi connectivity index (χ0n) is 16.2. The first kappa shape index (κ1) is 16.7. The van der Waals surface area contributed by atoms with E-state index in [4.69, 9.17) is 14.4 Å². The lowest BCUT2D eigenvalue weighted by Crippen LogP contribution is -1.96. The number of imidazole rings is 2. The summed E-state index contributed by atoms with van der Waals surface area (Å²) in [5, 5.41) is 7.51. The Morgan fingerprint density at radius 1 is 1.03 bits per heavy atom. The fraction of sp³-hybridized carbons (Fsp3) is 0.0952. The third-order valence-corrected chi connectivity index (χ3v) is 5.33. The van der Waals surface area contributed by atoms with E-state index in [0.717, 1.165) is 44.9 Å². The van der Waals surface area contributed by atoms with Gasteiger partial charge in [0, 0.05) is 24.4 Å². The van der Waals surface area contributed by atoms with E-state index in [9.17, 15) is 0 Å². The first-order valence-electron chi connectivity index (χ1n) is 9.40. The molecule has 0 unspecified atom stereocenters. The molecular formula is C21H16N8O. The van der Waals surface area contributed by atoms with Gasteiger partial charge in [-0.1, -0.05) is 0 Å². The molecule has 0 aromatic carbocycles. The number of H-pyrrole nitrogens is 2. The topological polar surface area (TPSA) is 114 Å². The number of hydrogen-bond donors (Lipinski definition) is 2. The van der Waals surface area contributed by atoms with Crippen molar-refractivity contribution in [3.63, 3.8) is 0 Å². The summed E-state index contributed by atoms with van der Waals surface area (Å²) in [7, 11) is 1.97. The molecule has 6 aromatic rings. The van der Waals surface area contributed by atoms with Gasteiger partial charge in [-0.3, -0.25) is 5.10 Å². The summed E-state index contributed by atoms with van der Waals surface area (Å²) in [6, 6.07) is 7.74. The average molecular weight is 396 g/mol. The normalized spacial score (nSPS) is 11.7. The maximum Gasteiger partial charge on any atom is 0.162 e. The average Bonchev–Trinajstić information content (AvgIpc) is 3.54. The third-order valence-electron chi connectivity index (χ3n) is 5.33. The predicted octanol–water partition coefficient (Wildman–Crippen LogP) is 3.87. The molecule has 0 saturated carbocycles. The number of aromatic amines is 2. The van der Waals surface area contributed by atoms with Crippen LogP contribution in [-0.4, -0.2) is 39.7 Å². The van der Waals surface area contributed by atoms with Crippen LogP contribution in [0, 0.1) is 6.92 Å². The number of pyridine rings is 2. The lowest BCUT2D eigenvalue weighted by atomic mass is 10.1. The van der Waals surface area contributed by atoms with E-state index in [-0.39, 0.29) is 0 Å². The molecule has 0 saturated heterocycles. The third kappa shape index (κ3) is 2.38. The second-order valence-electron chi connectivity index (χ2n) is 7.07. The van der Waals surface area contributed by atoms with E-state index < -0.39 is 0 Å². The fourth-order valence-corrected chi connectivity index (χ4v) is 3.62. The highest BCUT2D eigenvalue weighted by Gasteiger charge is 2.18. The zero-order valence-corrected chi connectivity index (χ0v) is 16.2. The van der Waals surface area contributed by atoms with Gasteiger partial charge in [-0.2, -0.15) is 5.10 Å². The Balaban J connectivity index is 1.53. The summed E-state index contributed by atoms with van der Waals surface area (Å²) in [5.74, 6) is 1.53. The fourth-order valence-electron chi connectivity index (χ4n) is 3.62. The molecule has 30 heavy (non-hydrogen) atoms. The van der Waals surface area contributed by atoms with Gasteiger partial charge < -0.3 is 14.0 Å². The van der Waals surface area contributed by atoms with Crippen molar-refractivity contribution in [1.82, 2.24) is 39.7 Å². The second-order valence-corrected chi connectivity index (χ2v) is 7.07. The molecule has 9 nitrogen and oxygen atoms in total. The monoisotopic (exact) mass is 396 g/mol. The Morgan fingerprint density at radius 3 is 2.77 bits per heavy atom. The van der Waals surface area contributed by atoms with Crippen LogP contribution in [0.3, 0.4) is 0 Å². The highest BCUT2D eigenvalue weighted by atomic mass is 16.3. The van der Waals surface area contributed by atoms with Gasteiger partial charge in [-0.25, -0.2) is 19.9 Å². The van der Waals surface area contributed by atoms with Crippen molar-refractivity contribution in [2.24, 2.45) is 7.05 Å². The molecule has 6 heterocycles. The summed E-state index contributed by atoms with van der Waals surface area (Å²) >= 11 is 0. The van der Waals surface area contributed by atoms with E-state index in [1.165, 1.54) is 0 Å². The largest absolute Gasteiger partial charge is 0.472 e. The van der Waals surface area contributed by atoms with E-state index in [1.54, 1.807) is 18.7 Å². The van der Waals surface area contributed by atoms with Crippen LogP contribution >= 0.6 is 0 Å². The Kier molecular flexibility index (Phi) is 3.40. The number of aryl methyl sites for hydroxylation is 1. The van der Waals surface area contributed by atoms with Gasteiger partial charge in [-0.05, 0) is 31.2 Å². The summed E-state index contributed by atoms with van der Waals surface area (Å²) in [6.45, 7) is 1.96. The smallest absolute Gasteiger partial charge is 0.162 e. The van der Waals surface area contributed by atoms with Gasteiger partial charge in [0.25, 0.3) is 0 Å². The van der Waals surface area contributed by atoms with Crippen molar-refractivity contribution in [3.8, 4) is 34.0 Å². The van der Waals surface area contributed by atoms with Crippen molar-refractivity contribution < 1.29 is 4.42 Å². The van der Waals surface area contributed by atoms with Gasteiger partial charge in [0.1, 0.15) is 16.9 Å². The molecule has 0 atom stereocenters. The molecule has 6 rings (SSSR count). The molecule has 0 radical (unpaired) electrons. The molecule has 0 bridgehead atoms. The van der Waals surface area contributed by atoms with E-state index in [1.807, 2.05) is 49.0 Å². The Bertz CT molecular complexity index is 1520. The second kappa shape index (κ2) is 6.11. The van der Waals surface area contributed by atoms with Crippen LogP contribution in [0.15, 0.2) is 53.6 Å². The summed E-state index contributed by atoms with van der Waals surface area (Å²) in [6.07, 6.45) is 6.90. The minimum Gasteiger partial charge on any atom is -0.472 e. The van der Waals surface area contributed by atoms with E-state index >= 15 is 0 Å². The maximum atomic E-state index is 5.23. The molecule has 0 spiro atoms. The minimum absolute atomic E-state index is 0.602. The van der Waals surface area contributed by atoms with Crippen molar-refractivity contribution in [2.75, 3.05) is 0 Å². The Labute approximate surface area is 169 Å². The molecular weight excluding hydrogens is 380 g/mol. The highest BCUT2D eigenvalue weighted by molar-refractivity contribution is 5.94. The summed E-state index contributed by atoms with van der Waals surface area (Å²) < 4.78 is 7.24. The number of nitrogens with zero attached hydrogens (tertiary/aromatic N) is 6. The van der Waals surface area contributed by atoms with Gasteiger partial charge in [0.2, 0.25) is 0 Å². The van der Waals surface area contributed by atoms with Crippen LogP contribution in [-0.2, 0) is 7.05 Å². The molecule has 0 amide bonds. The number of nitrogens with one attached hydrogen (secondary N) is 2. The number of furan rings is 1. The van der Waals surface area contributed by atoms with Crippen LogP contribution in [0.4, 0.5) is 0 Å². The van der Waals surface area contributed by atoms with E-state index in [0.29, 0.717) is 17.2 Å². The van der Waals surface area contributed by atoms with Crippen LogP contribution in [0.2, 0.25) is 0 Å². The predicted molar refractivity (Wildman–Crippen MR) is 111 cm³/mol. The number of fused-ring (bicyclic) bond motifs is 2. The number of rotatable bonds is 3. The van der Waals surface area contributed by atoms with Crippen molar-refractivity contribution in [2.45, 2.75) is 6.92 Å². The minimum atomic E-state index is 0.602. The van der Waals surface area contributed by atoms with Gasteiger partial charge >= 0.3 is 0 Å². The van der Waals surface area contributed by atoms with Crippen LogP contribution in [0.25, 0.3) is 56.2 Å². The lowest BCUT2D eigenvalue weighted by molar-refractivity contribution is 0.568. The van der Waals surface area contributed by atoms with Gasteiger partial charge in [-0.15, -0.1) is 0 Å². The number of aromatic nitrogens is 8. The summed E-state index contributed by atoms with van der Waals surface area (Å²) in [5.41, 5.74) is 7.28. The molecule has 0 aliphatic rings. The van der Waals surface area contributed by atoms with Crippen LogP contribution in [0.1, 0.15) is 5.82 Å². The Morgan fingerprint density at radius 2 is 1.97 bits per heavy atom. The number of hydrogen-bond acceptors (Lipinski definition) is 6. The van der Waals surface area contributed by atoms with Crippen LogP contribution in [0.5, 0.6) is 0 Å². The molecule has 9 heteroatoms. The highest BCUT2D eigenvalue weighted by Crippen LogP contribution is 2.31. The molecule has 6 aromatic heterocycles. The van der Waals surface area contributed by atoms with Crippen molar-refractivity contribution in [1.29, 1.82) is 0 Å². The Hall–Kier alpha value is -4.27. The molecule has 0 fully saturated rings. The standard InChI is InChI=1S/C21H16N8O/c1-11-23-9-16(29(11)2)14-3-4-15-18(24-14)19(28-27-15)21-25-17-13(12-6-8-30-10-12)5-7-22-20(17)26-21/h3-10H,1-2H3,(H,27,28)(H,22,25,26). The summed E-state index contributed by atoms with van der Waals surface area (Å²) in [4.78, 5) is 21.7. The van der Waals surface area contributed by atoms with Gasteiger partial charge in [0.05, 0.1) is 35.6 Å². The van der Waals surface area contributed by atoms with Gasteiger partial charge in [0.15, 0.2) is 17.2 Å². The maximum absolute atomic E-state index is 5.23. The SMILES string of the molecule is Cc1ncc(-c2ccc3[nH]nc(-c4nc5c(-c6ccoc6)ccnc5[nH]4)c3n2)n1C. The molecule has 2 N–H and O–H groups in total. The first-order valence-corrected chi connectivity index (χ1v) is 9.40. The zero-order chi connectivity index (χ0) is 20.2. The van der Waals surface area contributed by atoms with E-state index in [2.05, 4.69) is 25.1 Å². The molecule has 146 valence electrons. The van der Waals surface area contributed by atoms with Crippen molar-refractivity contribution in [3.05, 3.63) is 55.0 Å². The molecule has 0 aliphatic carbocycles. The lowest BCUT2D eigenvalue weighted by Gasteiger charge is -2.03. The first-order chi connectivity index (χ1) is 14.7. The van der Waals surface area contributed by atoms with Crippen molar-refractivity contribution >= 4 is 22.2 Å². The molecule has 0 aliphatic heterocycles.